The Morgan fingerprint density at radius 3 is 2.50 bits per heavy atom. The SMILES string of the molecule is C=CCOc1cc(-n2c(=O)cc(C(F)(F)F)n(C)c2=O)c(F)cc1C#N. The number of alkyl halides is 3. The zero-order chi connectivity index (χ0) is 19.6. The summed E-state index contributed by atoms with van der Waals surface area (Å²) in [7, 11) is 0.803. The third-order valence-corrected chi connectivity index (χ3v) is 3.38. The van der Waals surface area contributed by atoms with Crippen LogP contribution in [0.25, 0.3) is 5.69 Å². The van der Waals surface area contributed by atoms with Crippen LogP contribution in [0.5, 0.6) is 5.75 Å². The Morgan fingerprint density at radius 2 is 1.96 bits per heavy atom. The molecule has 0 atom stereocenters. The van der Waals surface area contributed by atoms with Crippen molar-refractivity contribution in [2.45, 2.75) is 6.18 Å². The minimum Gasteiger partial charge on any atom is -0.488 e. The predicted octanol–water partition coefficient (Wildman–Crippen LogP) is 2.13. The number of hydrogen-bond donors (Lipinski definition) is 0. The van der Waals surface area contributed by atoms with Crippen molar-refractivity contribution in [2.24, 2.45) is 7.05 Å². The predicted molar refractivity (Wildman–Crippen MR) is 82.6 cm³/mol. The summed E-state index contributed by atoms with van der Waals surface area (Å²) in [5.74, 6) is -1.30. The summed E-state index contributed by atoms with van der Waals surface area (Å²) in [5.41, 5.74) is -5.10. The molecule has 0 bridgehead atoms. The monoisotopic (exact) mass is 369 g/mol. The van der Waals surface area contributed by atoms with E-state index in [9.17, 15) is 27.2 Å². The van der Waals surface area contributed by atoms with Gasteiger partial charge < -0.3 is 4.74 Å². The summed E-state index contributed by atoms with van der Waals surface area (Å²) < 4.78 is 58.5. The van der Waals surface area contributed by atoms with E-state index in [2.05, 4.69) is 6.58 Å². The summed E-state index contributed by atoms with van der Waals surface area (Å²) in [6.45, 7) is 3.35. The first-order valence-electron chi connectivity index (χ1n) is 6.99. The molecular formula is C16H11F4N3O3. The third-order valence-electron chi connectivity index (χ3n) is 3.38. The van der Waals surface area contributed by atoms with Gasteiger partial charge in [0.1, 0.15) is 29.9 Å². The van der Waals surface area contributed by atoms with Gasteiger partial charge in [0.15, 0.2) is 0 Å². The number of aromatic nitrogens is 2. The molecule has 0 aliphatic rings. The molecule has 136 valence electrons. The fourth-order valence-electron chi connectivity index (χ4n) is 2.19. The van der Waals surface area contributed by atoms with Crippen molar-refractivity contribution in [1.29, 1.82) is 5.26 Å². The van der Waals surface area contributed by atoms with Gasteiger partial charge in [0, 0.05) is 19.2 Å². The number of benzene rings is 1. The molecule has 0 radical (unpaired) electrons. The Bertz CT molecular complexity index is 1030. The highest BCUT2D eigenvalue weighted by molar-refractivity contribution is 5.51. The van der Waals surface area contributed by atoms with Crippen LogP contribution in [0, 0.1) is 17.1 Å². The van der Waals surface area contributed by atoms with Crippen molar-refractivity contribution in [3.63, 3.8) is 0 Å². The number of ether oxygens (including phenoxy) is 1. The van der Waals surface area contributed by atoms with Crippen LogP contribution in [0.15, 0.2) is 40.4 Å². The standard InChI is InChI=1S/C16H11F4N3O3/c1-3-4-26-12-6-11(10(17)5-9(12)8-21)23-14(24)7-13(16(18,19)20)22(2)15(23)25/h3,5-7H,1,4H2,2H3. The number of nitriles is 1. The highest BCUT2D eigenvalue weighted by Crippen LogP contribution is 2.28. The molecule has 0 aliphatic heterocycles. The van der Waals surface area contributed by atoms with E-state index >= 15 is 0 Å². The van der Waals surface area contributed by atoms with Gasteiger partial charge in [-0.1, -0.05) is 12.7 Å². The van der Waals surface area contributed by atoms with Gasteiger partial charge >= 0.3 is 11.9 Å². The molecule has 0 saturated carbocycles. The van der Waals surface area contributed by atoms with Crippen LogP contribution < -0.4 is 16.0 Å². The second kappa shape index (κ2) is 6.87. The van der Waals surface area contributed by atoms with Gasteiger partial charge in [-0.25, -0.2) is 13.8 Å². The van der Waals surface area contributed by atoms with E-state index in [0.717, 1.165) is 19.2 Å². The summed E-state index contributed by atoms with van der Waals surface area (Å²) in [6.07, 6.45) is -3.60. The van der Waals surface area contributed by atoms with E-state index in [1.54, 1.807) is 6.07 Å². The average molecular weight is 369 g/mol. The zero-order valence-corrected chi connectivity index (χ0v) is 13.3. The summed E-state index contributed by atoms with van der Waals surface area (Å²) in [5, 5.41) is 9.00. The molecular weight excluding hydrogens is 358 g/mol. The minimum atomic E-state index is -4.94. The van der Waals surface area contributed by atoms with E-state index in [-0.39, 0.29) is 33.1 Å². The second-order valence-corrected chi connectivity index (χ2v) is 5.05. The molecule has 2 aromatic rings. The van der Waals surface area contributed by atoms with E-state index in [1.165, 1.54) is 6.08 Å². The van der Waals surface area contributed by atoms with Gasteiger partial charge in [-0.15, -0.1) is 0 Å². The van der Waals surface area contributed by atoms with E-state index in [1.807, 2.05) is 0 Å². The highest BCUT2D eigenvalue weighted by atomic mass is 19.4. The normalized spacial score (nSPS) is 11.1. The first-order valence-corrected chi connectivity index (χ1v) is 6.99. The van der Waals surface area contributed by atoms with Crippen LogP contribution in [0.2, 0.25) is 0 Å². The average Bonchev–Trinajstić information content (AvgIpc) is 2.56. The highest BCUT2D eigenvalue weighted by Gasteiger charge is 2.35. The minimum absolute atomic E-state index is 0.0559. The lowest BCUT2D eigenvalue weighted by atomic mass is 10.2. The lowest BCUT2D eigenvalue weighted by Gasteiger charge is -2.15. The Hall–Kier alpha value is -3.35. The van der Waals surface area contributed by atoms with E-state index in [0.29, 0.717) is 0 Å². The number of rotatable bonds is 4. The van der Waals surface area contributed by atoms with Crippen molar-refractivity contribution >= 4 is 0 Å². The van der Waals surface area contributed by atoms with Crippen LogP contribution >= 0.6 is 0 Å². The molecule has 0 amide bonds. The fourth-order valence-corrected chi connectivity index (χ4v) is 2.19. The molecule has 0 N–H and O–H groups in total. The van der Waals surface area contributed by atoms with Crippen molar-refractivity contribution in [3.8, 4) is 17.5 Å². The number of hydrogen-bond acceptors (Lipinski definition) is 4. The molecule has 0 saturated heterocycles. The van der Waals surface area contributed by atoms with Crippen molar-refractivity contribution in [1.82, 2.24) is 9.13 Å². The largest absolute Gasteiger partial charge is 0.488 e. The van der Waals surface area contributed by atoms with Crippen LogP contribution in [-0.2, 0) is 13.2 Å². The Kier molecular flexibility index (Phi) is 5.02. The van der Waals surface area contributed by atoms with Crippen LogP contribution in [-0.4, -0.2) is 15.7 Å². The second-order valence-electron chi connectivity index (χ2n) is 5.05. The first-order chi connectivity index (χ1) is 12.1. The van der Waals surface area contributed by atoms with Crippen molar-refractivity contribution in [3.05, 3.63) is 68.8 Å². The molecule has 26 heavy (non-hydrogen) atoms. The van der Waals surface area contributed by atoms with Gasteiger partial charge in [0.25, 0.3) is 5.56 Å². The first kappa shape index (κ1) is 19.0. The molecule has 2 rings (SSSR count). The number of halogens is 4. The van der Waals surface area contributed by atoms with Crippen molar-refractivity contribution in [2.75, 3.05) is 6.61 Å². The molecule has 1 aromatic heterocycles. The van der Waals surface area contributed by atoms with Gasteiger partial charge in [-0.3, -0.25) is 9.36 Å². The zero-order valence-electron chi connectivity index (χ0n) is 13.3. The van der Waals surface area contributed by atoms with Gasteiger partial charge in [0.2, 0.25) is 0 Å². The van der Waals surface area contributed by atoms with Crippen LogP contribution in [0.1, 0.15) is 11.3 Å². The molecule has 10 heteroatoms. The van der Waals surface area contributed by atoms with Gasteiger partial charge in [-0.05, 0) is 6.07 Å². The quantitative estimate of drug-likeness (QED) is 0.611. The maximum atomic E-state index is 14.3. The smallest absolute Gasteiger partial charge is 0.431 e. The third kappa shape index (κ3) is 3.37. The fraction of sp³-hybridized carbons (Fsp3) is 0.188. The van der Waals surface area contributed by atoms with Gasteiger partial charge in [-0.2, -0.15) is 18.4 Å². The lowest BCUT2D eigenvalue weighted by Crippen LogP contribution is -2.41. The maximum Gasteiger partial charge on any atom is 0.431 e. The Morgan fingerprint density at radius 1 is 1.31 bits per heavy atom. The Balaban J connectivity index is 2.79. The molecule has 0 spiro atoms. The molecule has 0 fully saturated rings. The maximum absolute atomic E-state index is 14.3. The van der Waals surface area contributed by atoms with Crippen molar-refractivity contribution < 1.29 is 22.3 Å². The Labute approximate surface area is 143 Å². The number of nitrogens with zero attached hydrogens (tertiary/aromatic N) is 3. The lowest BCUT2D eigenvalue weighted by molar-refractivity contribution is -0.144. The van der Waals surface area contributed by atoms with Crippen LogP contribution in [0.4, 0.5) is 17.6 Å². The van der Waals surface area contributed by atoms with E-state index in [4.69, 9.17) is 10.00 Å². The molecule has 1 heterocycles. The molecule has 1 aromatic carbocycles. The summed E-state index contributed by atoms with van der Waals surface area (Å²) in [6, 6.07) is 3.47. The van der Waals surface area contributed by atoms with E-state index < -0.39 is 34.6 Å². The topological polar surface area (TPSA) is 77.0 Å². The van der Waals surface area contributed by atoms with Crippen LogP contribution in [0.3, 0.4) is 0 Å². The summed E-state index contributed by atoms with van der Waals surface area (Å²) in [4.78, 5) is 24.3. The molecule has 0 unspecified atom stereocenters. The van der Waals surface area contributed by atoms with Gasteiger partial charge in [0.05, 0.1) is 11.3 Å². The summed E-state index contributed by atoms with van der Waals surface area (Å²) >= 11 is 0. The molecule has 0 aliphatic carbocycles. The molecule has 6 nitrogen and oxygen atoms in total.